The molecule has 1 unspecified atom stereocenters. The van der Waals surface area contributed by atoms with Gasteiger partial charge in [-0.25, -0.2) is 8.97 Å². The van der Waals surface area contributed by atoms with Gasteiger partial charge in [0.25, 0.3) is 0 Å². The fourth-order valence-electron chi connectivity index (χ4n) is 5.95. The summed E-state index contributed by atoms with van der Waals surface area (Å²) >= 11 is 0. The molecule has 2 aromatic carbocycles. The number of ketones is 1. The van der Waals surface area contributed by atoms with E-state index >= 15 is 0 Å². The minimum absolute atomic E-state index is 0.0158. The number of hydrogen-bond acceptors (Lipinski definition) is 6. The number of anilines is 1. The molecule has 1 atom stereocenters. The van der Waals surface area contributed by atoms with Crippen molar-refractivity contribution < 1.29 is 18.9 Å². The number of aliphatic hydroxyl groups is 1. The molecule has 196 valence electrons. The number of halogens is 1. The van der Waals surface area contributed by atoms with E-state index < -0.39 is 11.7 Å². The van der Waals surface area contributed by atoms with Crippen LogP contribution in [0.3, 0.4) is 0 Å². The monoisotopic (exact) mass is 514 g/mol. The summed E-state index contributed by atoms with van der Waals surface area (Å²) in [5.41, 5.74) is 11.7. The predicted molar refractivity (Wildman–Crippen MR) is 149 cm³/mol. The normalized spacial score (nSPS) is 22.1. The molecule has 0 aliphatic carbocycles. The van der Waals surface area contributed by atoms with Crippen LogP contribution in [-0.2, 0) is 4.79 Å². The molecule has 0 bridgehead atoms. The summed E-state index contributed by atoms with van der Waals surface area (Å²) in [5.74, 6) is 1.09. The average molecular weight is 515 g/mol. The molecular formula is C30H33FN5O2+. The summed E-state index contributed by atoms with van der Waals surface area (Å²) in [6.07, 6.45) is 9.34. The maximum absolute atomic E-state index is 14.8. The number of hydrogen-bond donors (Lipinski definition) is 3. The number of carbonyl (C=O) groups excluding carboxylic acids is 1. The molecule has 4 N–H and O–H groups in total. The average Bonchev–Trinajstić information content (AvgIpc) is 3.10. The van der Waals surface area contributed by atoms with Crippen LogP contribution >= 0.6 is 0 Å². The summed E-state index contributed by atoms with van der Waals surface area (Å²) in [5, 5.41) is 15.8. The third-order valence-corrected chi connectivity index (χ3v) is 7.54. The number of likely N-dealkylation sites (N-methyl/N-ethyl adjacent to an activating group) is 1. The number of aliphatic imine (C=N–C) groups is 1. The van der Waals surface area contributed by atoms with Crippen LogP contribution in [0.15, 0.2) is 46.1 Å². The maximum atomic E-state index is 14.8. The Morgan fingerprint density at radius 2 is 2.08 bits per heavy atom. The van der Waals surface area contributed by atoms with Gasteiger partial charge in [-0.15, -0.1) is 6.42 Å². The smallest absolute Gasteiger partial charge is 0.330 e. The Balaban J connectivity index is 1.78. The van der Waals surface area contributed by atoms with Gasteiger partial charge in [0.15, 0.2) is 5.78 Å². The fraction of sp³-hybridized carbons (Fsp3) is 0.367. The van der Waals surface area contributed by atoms with E-state index in [2.05, 4.69) is 21.1 Å². The lowest BCUT2D eigenvalue weighted by atomic mass is 9.89. The first-order chi connectivity index (χ1) is 18.0. The molecule has 0 fully saturated rings. The van der Waals surface area contributed by atoms with E-state index in [1.807, 2.05) is 24.6 Å². The van der Waals surface area contributed by atoms with Gasteiger partial charge in [0.1, 0.15) is 11.5 Å². The van der Waals surface area contributed by atoms with Crippen LogP contribution in [0.4, 0.5) is 10.1 Å². The molecule has 3 aliphatic rings. The molecule has 0 spiro atoms. The highest BCUT2D eigenvalue weighted by Crippen LogP contribution is 2.40. The van der Waals surface area contributed by atoms with Crippen LogP contribution in [-0.4, -0.2) is 57.9 Å². The molecule has 0 saturated heterocycles. The molecule has 0 saturated carbocycles. The summed E-state index contributed by atoms with van der Waals surface area (Å²) in [6.45, 7) is 6.24. The Hall–Kier alpha value is -3.96. The number of fused-ring (bicyclic) bond motifs is 1. The van der Waals surface area contributed by atoms with E-state index in [-0.39, 0.29) is 11.3 Å². The van der Waals surface area contributed by atoms with Crippen LogP contribution in [0.1, 0.15) is 57.6 Å². The molecule has 0 amide bonds. The Bertz CT molecular complexity index is 1550. The number of terminal acetylenes is 1. The number of nitrogens with two attached hydrogens (primary N) is 1. The Morgan fingerprint density at radius 3 is 2.79 bits per heavy atom. The Labute approximate surface area is 222 Å². The number of carbonyl (C=O) groups is 1. The van der Waals surface area contributed by atoms with Crippen molar-refractivity contribution in [2.24, 2.45) is 4.99 Å². The number of benzene rings is 2. The molecule has 2 aromatic rings. The van der Waals surface area contributed by atoms with Crippen LogP contribution < -0.4 is 11.1 Å². The van der Waals surface area contributed by atoms with Crippen molar-refractivity contribution in [2.75, 3.05) is 25.9 Å². The van der Waals surface area contributed by atoms with Crippen molar-refractivity contribution in [1.29, 1.82) is 0 Å². The molecular weight excluding hydrogens is 481 g/mol. The van der Waals surface area contributed by atoms with E-state index in [1.165, 1.54) is 6.07 Å². The van der Waals surface area contributed by atoms with E-state index in [0.717, 1.165) is 58.5 Å². The second kappa shape index (κ2) is 9.41. The molecule has 3 heterocycles. The second-order valence-corrected chi connectivity index (χ2v) is 10.5. The molecule has 5 rings (SSSR count). The molecule has 7 nitrogen and oxygen atoms in total. The van der Waals surface area contributed by atoms with Crippen LogP contribution in [0.5, 0.6) is 0 Å². The lowest BCUT2D eigenvalue weighted by Gasteiger charge is -2.37. The summed E-state index contributed by atoms with van der Waals surface area (Å²) in [7, 11) is 1.95. The minimum Gasteiger partial charge on any atom is -0.399 e. The number of nitrogen functional groups attached to an aromatic ring is 1. The van der Waals surface area contributed by atoms with Gasteiger partial charge >= 0.3 is 11.7 Å². The molecule has 8 heteroatoms. The van der Waals surface area contributed by atoms with Crippen molar-refractivity contribution >= 4 is 39.5 Å². The number of rotatable bonds is 2. The zero-order valence-corrected chi connectivity index (χ0v) is 22.3. The minimum atomic E-state index is -1.58. The van der Waals surface area contributed by atoms with Gasteiger partial charge in [0.05, 0.1) is 29.9 Å². The Morgan fingerprint density at radius 1 is 1.32 bits per heavy atom. The van der Waals surface area contributed by atoms with E-state index in [1.54, 1.807) is 26.0 Å². The van der Waals surface area contributed by atoms with E-state index in [9.17, 15) is 14.3 Å². The zero-order chi connectivity index (χ0) is 27.4. The second-order valence-electron chi connectivity index (χ2n) is 10.5. The lowest BCUT2D eigenvalue weighted by Crippen LogP contribution is -2.51. The predicted octanol–water partition coefficient (Wildman–Crippen LogP) is 3.76. The number of nitrogens with one attached hydrogen (secondary N) is 1. The number of nitrogens with zero attached hydrogens (tertiary/aromatic N) is 3. The molecule has 0 radical (unpaired) electrons. The highest BCUT2D eigenvalue weighted by Gasteiger charge is 2.43. The zero-order valence-electron chi connectivity index (χ0n) is 22.3. The summed E-state index contributed by atoms with van der Waals surface area (Å²) in [4.78, 5) is 19.4. The summed E-state index contributed by atoms with van der Waals surface area (Å²) < 4.78 is 16.8. The van der Waals surface area contributed by atoms with E-state index in [4.69, 9.17) is 12.2 Å². The maximum Gasteiger partial charge on any atom is 0.330 e. The summed E-state index contributed by atoms with van der Waals surface area (Å²) in [6, 6.07) is 6.65. The van der Waals surface area contributed by atoms with Crippen LogP contribution in [0.25, 0.3) is 16.5 Å². The molecule has 0 aromatic heterocycles. The lowest BCUT2D eigenvalue weighted by molar-refractivity contribution is -0.408. The SMILES string of the molecule is C#Cc1c(F)ccc2cc(N)cc(C3=C(C)C4=C(CN3C)C([N+]3=C(C(C)=O)CCCCC3)=NC(C)(O)N4)c12. The topological polar surface area (TPSA) is 94.0 Å². The van der Waals surface area contributed by atoms with Gasteiger partial charge in [-0.2, -0.15) is 0 Å². The molecule has 38 heavy (non-hydrogen) atoms. The van der Waals surface area contributed by atoms with Crippen molar-refractivity contribution in [2.45, 2.75) is 52.3 Å². The van der Waals surface area contributed by atoms with Crippen LogP contribution in [0.2, 0.25) is 0 Å². The van der Waals surface area contributed by atoms with E-state index in [0.29, 0.717) is 36.4 Å². The van der Waals surface area contributed by atoms with Gasteiger partial charge in [0, 0.05) is 49.7 Å². The van der Waals surface area contributed by atoms with Gasteiger partial charge < -0.3 is 21.1 Å². The highest BCUT2D eigenvalue weighted by atomic mass is 19.1. The number of amidine groups is 1. The van der Waals surface area contributed by atoms with Crippen molar-refractivity contribution in [1.82, 2.24) is 10.2 Å². The fourth-order valence-corrected chi connectivity index (χ4v) is 5.95. The third kappa shape index (κ3) is 4.27. The van der Waals surface area contributed by atoms with Gasteiger partial charge in [-0.3, -0.25) is 4.79 Å². The third-order valence-electron chi connectivity index (χ3n) is 7.54. The Kier molecular flexibility index (Phi) is 6.36. The number of allylic oxidation sites excluding steroid dienone is 1. The van der Waals surface area contributed by atoms with Crippen molar-refractivity contribution in [3.63, 3.8) is 0 Å². The largest absolute Gasteiger partial charge is 0.399 e. The van der Waals surface area contributed by atoms with Crippen LogP contribution in [0, 0.1) is 18.2 Å². The van der Waals surface area contributed by atoms with Crippen molar-refractivity contribution in [3.8, 4) is 12.3 Å². The quantitative estimate of drug-likeness (QED) is 0.322. The first-order valence-electron chi connectivity index (χ1n) is 12.9. The van der Waals surface area contributed by atoms with Gasteiger partial charge in [-0.1, -0.05) is 12.0 Å². The number of Topliss-reactive ketones (excluding diaryl/α,β-unsaturated/α-hetero) is 1. The van der Waals surface area contributed by atoms with Gasteiger partial charge in [-0.05, 0) is 60.3 Å². The van der Waals surface area contributed by atoms with Gasteiger partial charge in [0.2, 0.25) is 0 Å². The standard InChI is InChI=1S/C30H33FN5O2/c1-6-21-24(31)12-11-19-14-20(32)15-22(26(19)21)28-17(2)27-23(16-35(28)5)29(34-30(4,38)33-27)36-13-9-7-8-10-25(36)18(3)37/h1,11-12,14-15,33,38H,7-10,13,16,32H2,2-5H3/q+1. The highest BCUT2D eigenvalue weighted by molar-refractivity contribution is 6.37. The van der Waals surface area contributed by atoms with Crippen molar-refractivity contribution in [3.05, 3.63) is 58.1 Å². The molecule has 3 aliphatic heterocycles. The first-order valence-corrected chi connectivity index (χ1v) is 12.9. The first kappa shape index (κ1) is 25.7.